The van der Waals surface area contributed by atoms with E-state index in [1.54, 1.807) is 32.1 Å². The van der Waals surface area contributed by atoms with Crippen LogP contribution in [0.4, 0.5) is 0 Å². The van der Waals surface area contributed by atoms with Crippen LogP contribution in [0.2, 0.25) is 0 Å². The number of rotatable bonds is 2. The van der Waals surface area contributed by atoms with Gasteiger partial charge in [0.15, 0.2) is 0 Å². The van der Waals surface area contributed by atoms with Gasteiger partial charge in [0, 0.05) is 11.3 Å². The number of hydrogen-bond acceptors (Lipinski definition) is 7. The molecule has 7 atom stereocenters. The van der Waals surface area contributed by atoms with E-state index in [-0.39, 0.29) is 23.5 Å². The highest BCUT2D eigenvalue weighted by Crippen LogP contribution is 2.58. The Bertz CT molecular complexity index is 953. The van der Waals surface area contributed by atoms with E-state index in [4.69, 9.17) is 4.74 Å². The van der Waals surface area contributed by atoms with Crippen molar-refractivity contribution >= 4 is 29.2 Å². The van der Waals surface area contributed by atoms with Crippen LogP contribution in [-0.4, -0.2) is 45.3 Å². The fourth-order valence-corrected chi connectivity index (χ4v) is 6.12. The molecule has 2 fully saturated rings. The lowest BCUT2D eigenvalue weighted by Crippen LogP contribution is -2.45. The van der Waals surface area contributed by atoms with Crippen LogP contribution >= 0.6 is 11.3 Å². The Morgan fingerprint density at radius 1 is 1.23 bits per heavy atom. The third-order valence-corrected chi connectivity index (χ3v) is 9.37. The first kappa shape index (κ1) is 28.0. The molecule has 0 aromatic carbocycles. The number of cyclic esters (lactones) is 1. The van der Waals surface area contributed by atoms with Crippen LogP contribution < -0.4 is 0 Å². The van der Waals surface area contributed by atoms with Crippen LogP contribution in [0.15, 0.2) is 11.0 Å². The van der Waals surface area contributed by atoms with Gasteiger partial charge in [-0.05, 0) is 68.4 Å². The Hall–Kier alpha value is -1.57. The first-order valence-electron chi connectivity index (χ1n) is 12.9. The molecule has 6 nitrogen and oxygen atoms in total. The Labute approximate surface area is 214 Å². The van der Waals surface area contributed by atoms with Crippen molar-refractivity contribution in [2.75, 3.05) is 0 Å². The van der Waals surface area contributed by atoms with Gasteiger partial charge in [-0.3, -0.25) is 9.59 Å². The molecular formula is C28H43NO5S. The van der Waals surface area contributed by atoms with Crippen LogP contribution in [-0.2, 0) is 14.3 Å². The third-order valence-electron chi connectivity index (χ3n) is 8.58. The number of aliphatic hydroxyl groups is 2. The summed E-state index contributed by atoms with van der Waals surface area (Å²) in [5.74, 6) is -0.926. The van der Waals surface area contributed by atoms with Crippen molar-refractivity contribution in [3.63, 3.8) is 0 Å². The van der Waals surface area contributed by atoms with Crippen LogP contribution in [0.1, 0.15) is 90.8 Å². The second-order valence-corrected chi connectivity index (χ2v) is 13.0. The normalized spacial score (nSPS) is 37.5. The highest BCUT2D eigenvalue weighted by atomic mass is 32.1. The SMILES string of the molecule is C/C(=C\c1csc(C)n1)[C@@H]1CC2C[C@]2(C)CCCC(C)[C@H](O)C(C)C(=O)C(C)(C)C(O)CC(=O)O1. The summed E-state index contributed by atoms with van der Waals surface area (Å²) >= 11 is 1.58. The number of ether oxygens (including phenoxy) is 1. The van der Waals surface area contributed by atoms with Gasteiger partial charge >= 0.3 is 5.97 Å². The number of ketones is 1. The van der Waals surface area contributed by atoms with Crippen molar-refractivity contribution in [3.8, 4) is 0 Å². The molecule has 2 heterocycles. The topological polar surface area (TPSA) is 96.7 Å². The summed E-state index contributed by atoms with van der Waals surface area (Å²) in [7, 11) is 0. The summed E-state index contributed by atoms with van der Waals surface area (Å²) in [4.78, 5) is 30.7. The van der Waals surface area contributed by atoms with Crippen molar-refractivity contribution in [1.29, 1.82) is 0 Å². The van der Waals surface area contributed by atoms with Gasteiger partial charge in [-0.1, -0.05) is 41.0 Å². The molecule has 196 valence electrons. The van der Waals surface area contributed by atoms with Crippen LogP contribution in [0.5, 0.6) is 0 Å². The van der Waals surface area contributed by atoms with Gasteiger partial charge in [-0.2, -0.15) is 0 Å². The van der Waals surface area contributed by atoms with E-state index in [0.29, 0.717) is 5.92 Å². The maximum atomic E-state index is 13.2. The van der Waals surface area contributed by atoms with Gasteiger partial charge in [-0.15, -0.1) is 11.3 Å². The van der Waals surface area contributed by atoms with Gasteiger partial charge in [0.2, 0.25) is 0 Å². The lowest BCUT2D eigenvalue weighted by molar-refractivity contribution is -0.154. The quantitative estimate of drug-likeness (QED) is 0.526. The summed E-state index contributed by atoms with van der Waals surface area (Å²) < 4.78 is 5.95. The number of aromatic nitrogens is 1. The van der Waals surface area contributed by atoms with Crippen LogP contribution in [0, 0.1) is 35.5 Å². The predicted molar refractivity (Wildman–Crippen MR) is 139 cm³/mol. The van der Waals surface area contributed by atoms with Gasteiger partial charge in [0.25, 0.3) is 0 Å². The van der Waals surface area contributed by atoms with E-state index >= 15 is 0 Å². The van der Waals surface area contributed by atoms with Gasteiger partial charge in [0.05, 0.1) is 34.7 Å². The van der Waals surface area contributed by atoms with E-state index in [1.807, 2.05) is 32.2 Å². The molecule has 0 radical (unpaired) electrons. The van der Waals surface area contributed by atoms with Crippen LogP contribution in [0.25, 0.3) is 6.08 Å². The number of carbonyl (C=O) groups is 2. The Morgan fingerprint density at radius 3 is 2.54 bits per heavy atom. The molecule has 3 rings (SSSR count). The molecule has 7 heteroatoms. The molecule has 1 saturated carbocycles. The molecule has 1 aliphatic carbocycles. The molecule has 0 spiro atoms. The molecule has 1 aliphatic heterocycles. The molecule has 0 bridgehead atoms. The third kappa shape index (κ3) is 6.60. The standard InChI is InChI=1S/C28H43NO5S/c1-16-9-8-10-28(7)14-20(28)12-22(17(2)11-21-15-35-19(4)29-21)34-24(31)13-23(30)27(5,6)26(33)18(3)25(16)32/h11,15-16,18,20,22-23,25,30,32H,8-10,12-14H2,1-7H3/b17-11+/t16?,18?,20?,22-,23?,25-,28-/m0/s1. The Morgan fingerprint density at radius 2 is 1.91 bits per heavy atom. The van der Waals surface area contributed by atoms with Crippen molar-refractivity contribution in [2.24, 2.45) is 28.6 Å². The number of carbonyl (C=O) groups excluding carboxylic acids is 2. The minimum atomic E-state index is -1.20. The fourth-order valence-electron chi connectivity index (χ4n) is 5.55. The van der Waals surface area contributed by atoms with Crippen molar-refractivity contribution < 1.29 is 24.5 Å². The molecule has 1 aromatic rings. The second-order valence-electron chi connectivity index (χ2n) is 11.9. The highest BCUT2D eigenvalue weighted by Gasteiger charge is 2.50. The van der Waals surface area contributed by atoms with E-state index in [9.17, 15) is 19.8 Å². The number of thiazole rings is 1. The summed E-state index contributed by atoms with van der Waals surface area (Å²) in [5, 5.41) is 24.7. The van der Waals surface area contributed by atoms with E-state index in [0.717, 1.165) is 48.4 Å². The second kappa shape index (κ2) is 10.8. The molecule has 35 heavy (non-hydrogen) atoms. The molecule has 2 aliphatic rings. The van der Waals surface area contributed by atoms with Gasteiger partial charge in [0.1, 0.15) is 11.9 Å². The summed E-state index contributed by atoms with van der Waals surface area (Å²) in [6, 6.07) is 0. The van der Waals surface area contributed by atoms with Crippen molar-refractivity contribution in [3.05, 3.63) is 21.7 Å². The summed E-state index contributed by atoms with van der Waals surface area (Å²) in [6.45, 7) is 13.2. The van der Waals surface area contributed by atoms with Gasteiger partial charge in [-0.25, -0.2) is 4.98 Å². The largest absolute Gasteiger partial charge is 0.458 e. The highest BCUT2D eigenvalue weighted by molar-refractivity contribution is 7.09. The zero-order valence-electron chi connectivity index (χ0n) is 22.3. The Kier molecular flexibility index (Phi) is 8.65. The van der Waals surface area contributed by atoms with E-state index in [2.05, 4.69) is 11.9 Å². The number of fused-ring (bicyclic) bond motifs is 1. The van der Waals surface area contributed by atoms with E-state index < -0.39 is 35.6 Å². The number of aliphatic hydroxyl groups excluding tert-OH is 2. The maximum absolute atomic E-state index is 13.2. The molecule has 0 amide bonds. The molecule has 1 saturated heterocycles. The van der Waals surface area contributed by atoms with Gasteiger partial charge < -0.3 is 14.9 Å². The number of esters is 1. The number of hydrogen-bond donors (Lipinski definition) is 2. The first-order chi connectivity index (χ1) is 16.2. The number of aryl methyl sites for hydroxylation is 1. The molecule has 1 aromatic heterocycles. The number of nitrogens with zero attached hydrogens (tertiary/aromatic N) is 1. The van der Waals surface area contributed by atoms with Crippen LogP contribution in [0.3, 0.4) is 0 Å². The fraction of sp³-hybridized carbons (Fsp3) is 0.750. The lowest BCUT2D eigenvalue weighted by Gasteiger charge is -2.34. The zero-order valence-corrected chi connectivity index (χ0v) is 23.2. The predicted octanol–water partition coefficient (Wildman–Crippen LogP) is 5.35. The first-order valence-corrected chi connectivity index (χ1v) is 13.8. The maximum Gasteiger partial charge on any atom is 0.309 e. The summed E-state index contributed by atoms with van der Waals surface area (Å²) in [6.07, 6.45) is 4.06. The molecular weight excluding hydrogens is 462 g/mol. The smallest absolute Gasteiger partial charge is 0.309 e. The minimum Gasteiger partial charge on any atom is -0.458 e. The zero-order chi connectivity index (χ0) is 26.1. The lowest BCUT2D eigenvalue weighted by atomic mass is 9.73. The molecule has 4 unspecified atom stereocenters. The average Bonchev–Trinajstić information content (AvgIpc) is 3.22. The van der Waals surface area contributed by atoms with Crippen molar-refractivity contribution in [1.82, 2.24) is 4.98 Å². The summed E-state index contributed by atoms with van der Waals surface area (Å²) in [5.41, 5.74) is 0.825. The average molecular weight is 506 g/mol. The number of Topliss-reactive ketones (excluding diaryl/α,β-unsaturated/α-hetero) is 1. The van der Waals surface area contributed by atoms with E-state index in [1.165, 1.54) is 0 Å². The minimum absolute atomic E-state index is 0.0138. The molecule has 2 N–H and O–H groups in total. The Balaban J connectivity index is 1.85. The monoisotopic (exact) mass is 505 g/mol. The van der Waals surface area contributed by atoms with Crippen molar-refractivity contribution in [2.45, 2.75) is 105 Å².